The van der Waals surface area contributed by atoms with Crippen LogP contribution in [0.4, 0.5) is 0 Å². The van der Waals surface area contributed by atoms with Crippen molar-refractivity contribution in [1.29, 1.82) is 0 Å². The fourth-order valence-corrected chi connectivity index (χ4v) is 4.88. The molecule has 0 aliphatic rings. The van der Waals surface area contributed by atoms with Crippen LogP contribution >= 0.6 is 22.9 Å². The highest BCUT2D eigenvalue weighted by atomic mass is 35.5. The van der Waals surface area contributed by atoms with E-state index < -0.39 is 0 Å². The Bertz CT molecular complexity index is 1290. The number of rotatable bonds is 8. The number of halogens is 1. The number of nitrogens with one attached hydrogen (secondary N) is 1. The van der Waals surface area contributed by atoms with Gasteiger partial charge in [-0.25, -0.2) is 4.98 Å². The van der Waals surface area contributed by atoms with E-state index in [9.17, 15) is 4.79 Å². The third-order valence-electron chi connectivity index (χ3n) is 5.65. The van der Waals surface area contributed by atoms with Gasteiger partial charge in [-0.05, 0) is 42.7 Å². The second-order valence-corrected chi connectivity index (χ2v) is 9.85. The van der Waals surface area contributed by atoms with Gasteiger partial charge in [0.25, 0.3) is 5.91 Å². The summed E-state index contributed by atoms with van der Waals surface area (Å²) in [5, 5.41) is 6.58. The number of carbonyl (C=O) groups is 1. The molecule has 2 heterocycles. The van der Waals surface area contributed by atoms with Crippen molar-refractivity contribution in [2.24, 2.45) is 5.92 Å². The number of amides is 1. The molecule has 176 valence electrons. The highest BCUT2D eigenvalue weighted by Crippen LogP contribution is 2.35. The highest BCUT2D eigenvalue weighted by Gasteiger charge is 2.21. The average Bonchev–Trinajstić information content (AvgIpc) is 3.43. The molecular formula is C27H28ClN3O2S. The first-order valence-corrected chi connectivity index (χ1v) is 12.4. The highest BCUT2D eigenvalue weighted by molar-refractivity contribution is 7.13. The van der Waals surface area contributed by atoms with E-state index in [-0.39, 0.29) is 5.91 Å². The van der Waals surface area contributed by atoms with Crippen LogP contribution in [-0.2, 0) is 6.54 Å². The summed E-state index contributed by atoms with van der Waals surface area (Å²) in [6.07, 6.45) is 0. The molecular weight excluding hydrogens is 466 g/mol. The van der Waals surface area contributed by atoms with Crippen LogP contribution in [0, 0.1) is 12.8 Å². The standard InChI is InChI=1S/C27H28ClN3O2S/c1-17(2)14-29-26(32)22-13-25(24-16-34-27(30-24)21-7-5-6-8-23(21)28)31(18(22)3)15-19-9-11-20(33-4)12-10-19/h5-13,16-17H,14-15H2,1-4H3,(H,29,32). The van der Waals surface area contributed by atoms with Crippen molar-refractivity contribution in [2.75, 3.05) is 13.7 Å². The van der Waals surface area contributed by atoms with E-state index in [1.165, 1.54) is 0 Å². The van der Waals surface area contributed by atoms with Crippen LogP contribution in [-0.4, -0.2) is 29.1 Å². The molecule has 4 aromatic rings. The first kappa shape index (κ1) is 24.0. The molecule has 0 bridgehead atoms. The van der Waals surface area contributed by atoms with Gasteiger partial charge in [0.1, 0.15) is 10.8 Å². The summed E-state index contributed by atoms with van der Waals surface area (Å²) in [4.78, 5) is 17.9. The van der Waals surface area contributed by atoms with Crippen LogP contribution in [0.5, 0.6) is 5.75 Å². The summed E-state index contributed by atoms with van der Waals surface area (Å²) in [5.41, 5.74) is 5.30. The zero-order chi connectivity index (χ0) is 24.2. The number of methoxy groups -OCH3 is 1. The number of benzene rings is 2. The van der Waals surface area contributed by atoms with Crippen molar-refractivity contribution in [1.82, 2.24) is 14.9 Å². The lowest BCUT2D eigenvalue weighted by Gasteiger charge is -2.12. The minimum absolute atomic E-state index is 0.0671. The molecule has 0 saturated carbocycles. The third-order valence-corrected chi connectivity index (χ3v) is 6.86. The zero-order valence-corrected chi connectivity index (χ0v) is 21.3. The Labute approximate surface area is 209 Å². The van der Waals surface area contributed by atoms with E-state index in [4.69, 9.17) is 21.3 Å². The van der Waals surface area contributed by atoms with Crippen molar-refractivity contribution in [3.05, 3.63) is 81.8 Å². The topological polar surface area (TPSA) is 56.2 Å². The van der Waals surface area contributed by atoms with Gasteiger partial charge >= 0.3 is 0 Å². The van der Waals surface area contributed by atoms with Gasteiger partial charge in [-0.1, -0.05) is 55.8 Å². The molecule has 5 nitrogen and oxygen atoms in total. The van der Waals surface area contributed by atoms with Gasteiger partial charge in [0.2, 0.25) is 0 Å². The van der Waals surface area contributed by atoms with Crippen LogP contribution in [0.3, 0.4) is 0 Å². The molecule has 0 spiro atoms. The van der Waals surface area contributed by atoms with Crippen LogP contribution < -0.4 is 10.1 Å². The number of hydrogen-bond donors (Lipinski definition) is 1. The van der Waals surface area contributed by atoms with Crippen LogP contribution in [0.2, 0.25) is 5.02 Å². The summed E-state index contributed by atoms with van der Waals surface area (Å²) in [7, 11) is 1.66. The molecule has 0 saturated heterocycles. The maximum Gasteiger partial charge on any atom is 0.253 e. The Morgan fingerprint density at radius 3 is 2.59 bits per heavy atom. The lowest BCUT2D eigenvalue weighted by atomic mass is 10.2. The number of nitrogens with zero attached hydrogens (tertiary/aromatic N) is 2. The maximum absolute atomic E-state index is 13.0. The van der Waals surface area contributed by atoms with Crippen LogP contribution in [0.15, 0.2) is 60.0 Å². The largest absolute Gasteiger partial charge is 0.497 e. The normalized spacial score (nSPS) is 11.1. The smallest absolute Gasteiger partial charge is 0.253 e. The van der Waals surface area contributed by atoms with E-state index in [0.29, 0.717) is 29.6 Å². The summed E-state index contributed by atoms with van der Waals surface area (Å²) in [6, 6.07) is 17.6. The van der Waals surface area contributed by atoms with E-state index in [0.717, 1.165) is 39.0 Å². The zero-order valence-electron chi connectivity index (χ0n) is 19.8. The Morgan fingerprint density at radius 1 is 1.18 bits per heavy atom. The van der Waals surface area contributed by atoms with Crippen molar-refractivity contribution in [3.63, 3.8) is 0 Å². The maximum atomic E-state index is 13.0. The summed E-state index contributed by atoms with van der Waals surface area (Å²) in [5.74, 6) is 1.12. The Morgan fingerprint density at radius 2 is 1.91 bits per heavy atom. The minimum atomic E-state index is -0.0671. The van der Waals surface area contributed by atoms with Crippen molar-refractivity contribution < 1.29 is 9.53 Å². The second kappa shape index (κ2) is 10.5. The van der Waals surface area contributed by atoms with Crippen LogP contribution in [0.25, 0.3) is 22.0 Å². The monoisotopic (exact) mass is 493 g/mol. The molecule has 0 aliphatic carbocycles. The Kier molecular flexibility index (Phi) is 7.39. The molecule has 1 N–H and O–H groups in total. The summed E-state index contributed by atoms with van der Waals surface area (Å²) < 4.78 is 7.44. The molecule has 2 aromatic heterocycles. The lowest BCUT2D eigenvalue weighted by Crippen LogP contribution is -2.27. The third kappa shape index (κ3) is 5.18. The number of hydrogen-bond acceptors (Lipinski definition) is 4. The number of thiazole rings is 1. The summed E-state index contributed by atoms with van der Waals surface area (Å²) in [6.45, 7) is 7.39. The molecule has 2 aromatic carbocycles. The molecule has 1 amide bonds. The average molecular weight is 494 g/mol. The Hall–Kier alpha value is -3.09. The lowest BCUT2D eigenvalue weighted by molar-refractivity contribution is 0.0948. The van der Waals surface area contributed by atoms with E-state index in [1.54, 1.807) is 18.4 Å². The van der Waals surface area contributed by atoms with Gasteiger partial charge in [-0.2, -0.15) is 0 Å². The predicted molar refractivity (Wildman–Crippen MR) is 140 cm³/mol. The minimum Gasteiger partial charge on any atom is -0.497 e. The predicted octanol–water partition coefficient (Wildman–Crippen LogP) is 6.68. The Balaban J connectivity index is 1.74. The second-order valence-electron chi connectivity index (χ2n) is 8.58. The van der Waals surface area contributed by atoms with Gasteiger partial charge < -0.3 is 14.6 Å². The van der Waals surface area contributed by atoms with E-state index >= 15 is 0 Å². The van der Waals surface area contributed by atoms with Gasteiger partial charge in [0, 0.05) is 29.7 Å². The SMILES string of the molecule is COc1ccc(Cn2c(-c3csc(-c4ccccc4Cl)n3)cc(C(=O)NCC(C)C)c2C)cc1. The van der Waals surface area contributed by atoms with E-state index in [1.807, 2.05) is 66.9 Å². The first-order valence-electron chi connectivity index (χ1n) is 11.2. The molecule has 34 heavy (non-hydrogen) atoms. The molecule has 4 rings (SSSR count). The van der Waals surface area contributed by atoms with Gasteiger partial charge in [-0.15, -0.1) is 11.3 Å². The molecule has 0 radical (unpaired) electrons. The fraction of sp³-hybridized carbons (Fsp3) is 0.259. The van der Waals surface area contributed by atoms with E-state index in [2.05, 4.69) is 23.7 Å². The molecule has 0 fully saturated rings. The van der Waals surface area contributed by atoms with Crippen molar-refractivity contribution >= 4 is 28.8 Å². The van der Waals surface area contributed by atoms with Crippen molar-refractivity contribution in [3.8, 4) is 27.7 Å². The first-order chi connectivity index (χ1) is 16.4. The number of aromatic nitrogens is 2. The molecule has 7 heteroatoms. The van der Waals surface area contributed by atoms with Crippen LogP contribution in [0.1, 0.15) is 35.5 Å². The van der Waals surface area contributed by atoms with Crippen molar-refractivity contribution in [2.45, 2.75) is 27.3 Å². The van der Waals surface area contributed by atoms with Gasteiger partial charge in [0.05, 0.1) is 29.1 Å². The number of carbonyl (C=O) groups excluding carboxylic acids is 1. The fourth-order valence-electron chi connectivity index (χ4n) is 3.75. The molecule has 0 aliphatic heterocycles. The number of ether oxygens (including phenoxy) is 1. The molecule has 0 unspecified atom stereocenters. The van der Waals surface area contributed by atoms with Gasteiger partial charge in [0.15, 0.2) is 0 Å². The molecule has 0 atom stereocenters. The quantitative estimate of drug-likeness (QED) is 0.297. The summed E-state index contributed by atoms with van der Waals surface area (Å²) >= 11 is 7.95. The van der Waals surface area contributed by atoms with Gasteiger partial charge in [-0.3, -0.25) is 4.79 Å².